The van der Waals surface area contributed by atoms with Crippen LogP contribution in [0.4, 0.5) is 0 Å². The zero-order valence-corrected chi connectivity index (χ0v) is 12.3. The van der Waals surface area contributed by atoms with E-state index in [0.717, 1.165) is 27.9 Å². The molecule has 3 rings (SSSR count). The van der Waals surface area contributed by atoms with Gasteiger partial charge >= 0.3 is 5.69 Å². The summed E-state index contributed by atoms with van der Waals surface area (Å²) < 4.78 is 8.56. The summed E-state index contributed by atoms with van der Waals surface area (Å²) >= 11 is 6.52. The molecule has 3 aromatic rings. The van der Waals surface area contributed by atoms with Gasteiger partial charge in [-0.2, -0.15) is 0 Å². The monoisotopic (exact) mass is 290 g/mol. The molecule has 0 saturated carbocycles. The summed E-state index contributed by atoms with van der Waals surface area (Å²) in [5, 5.41) is -0.284. The van der Waals surface area contributed by atoms with Crippen molar-refractivity contribution in [3.63, 3.8) is 0 Å². The van der Waals surface area contributed by atoms with E-state index in [1.54, 1.807) is 29.5 Å². The maximum absolute atomic E-state index is 11.9. The maximum atomic E-state index is 11.9. The Morgan fingerprint density at radius 1 is 1.15 bits per heavy atom. The quantitative estimate of drug-likeness (QED) is 0.680. The summed E-state index contributed by atoms with van der Waals surface area (Å²) in [4.78, 5) is 11.9. The number of alkyl halides is 1. The van der Waals surface area contributed by atoms with E-state index < -0.39 is 0 Å². The van der Waals surface area contributed by atoms with Crippen molar-refractivity contribution in [2.75, 3.05) is 0 Å². The van der Waals surface area contributed by atoms with Crippen LogP contribution in [0, 0.1) is 6.92 Å². The van der Waals surface area contributed by atoms with E-state index in [2.05, 4.69) is 0 Å². The molecule has 0 aliphatic heterocycles. The summed E-state index contributed by atoms with van der Waals surface area (Å²) in [6.07, 6.45) is 1.64. The van der Waals surface area contributed by atoms with Crippen LogP contribution in [0.1, 0.15) is 22.3 Å². The number of aromatic nitrogens is 2. The second-order valence-corrected chi connectivity index (χ2v) is 5.38. The molecule has 0 aliphatic carbocycles. The molecule has 5 heteroatoms. The van der Waals surface area contributed by atoms with Gasteiger partial charge in [0.2, 0.25) is 0 Å². The second kappa shape index (κ2) is 4.56. The first-order valence-corrected chi connectivity index (χ1v) is 6.77. The highest BCUT2D eigenvalue weighted by atomic mass is 35.5. The van der Waals surface area contributed by atoms with Crippen LogP contribution in [0.15, 0.2) is 39.7 Å². The highest BCUT2D eigenvalue weighted by Crippen LogP contribution is 2.32. The van der Waals surface area contributed by atoms with Gasteiger partial charge in [-0.05, 0) is 30.7 Å². The van der Waals surface area contributed by atoms with Gasteiger partial charge in [-0.3, -0.25) is 9.13 Å². The van der Waals surface area contributed by atoms with Crippen molar-refractivity contribution in [2.24, 2.45) is 14.1 Å². The Kier molecular flexibility index (Phi) is 2.98. The molecule has 2 heterocycles. The first-order valence-electron chi connectivity index (χ1n) is 6.34. The number of benzene rings is 1. The van der Waals surface area contributed by atoms with E-state index in [1.165, 1.54) is 0 Å². The summed E-state index contributed by atoms with van der Waals surface area (Å²) in [7, 11) is 3.53. The van der Waals surface area contributed by atoms with Gasteiger partial charge in [0.15, 0.2) is 0 Å². The molecule has 0 fully saturated rings. The van der Waals surface area contributed by atoms with Crippen LogP contribution in [0.2, 0.25) is 0 Å². The van der Waals surface area contributed by atoms with Crippen molar-refractivity contribution < 1.29 is 4.42 Å². The van der Waals surface area contributed by atoms with Crippen LogP contribution in [0.25, 0.3) is 11.0 Å². The van der Waals surface area contributed by atoms with Crippen molar-refractivity contribution in [1.82, 2.24) is 9.13 Å². The van der Waals surface area contributed by atoms with Crippen LogP contribution in [-0.4, -0.2) is 9.13 Å². The smallest absolute Gasteiger partial charge is 0.328 e. The summed E-state index contributed by atoms with van der Waals surface area (Å²) in [6.45, 7) is 1.89. The molecule has 0 N–H and O–H groups in total. The first kappa shape index (κ1) is 13.1. The van der Waals surface area contributed by atoms with Crippen LogP contribution in [0.3, 0.4) is 0 Å². The number of hydrogen-bond donors (Lipinski definition) is 0. The van der Waals surface area contributed by atoms with Crippen molar-refractivity contribution >= 4 is 22.6 Å². The Morgan fingerprint density at radius 3 is 2.50 bits per heavy atom. The SMILES string of the molecule is Cc1occc1C(Cl)c1ccc2c(c1)n(C)c(=O)n2C. The average Bonchev–Trinajstić information content (AvgIpc) is 2.97. The Balaban J connectivity index is 2.17. The molecule has 2 aromatic heterocycles. The van der Waals surface area contributed by atoms with E-state index in [0.29, 0.717) is 0 Å². The predicted molar refractivity (Wildman–Crippen MR) is 79.3 cm³/mol. The zero-order chi connectivity index (χ0) is 14.4. The lowest BCUT2D eigenvalue weighted by Gasteiger charge is -2.09. The van der Waals surface area contributed by atoms with Gasteiger partial charge in [0.25, 0.3) is 0 Å². The molecule has 1 atom stereocenters. The topological polar surface area (TPSA) is 40.1 Å². The minimum Gasteiger partial charge on any atom is -0.469 e. The molecule has 20 heavy (non-hydrogen) atoms. The molecular formula is C15H15ClN2O2. The third-order valence-corrected chi connectivity index (χ3v) is 4.25. The van der Waals surface area contributed by atoms with Gasteiger partial charge in [-0.15, -0.1) is 11.6 Å². The van der Waals surface area contributed by atoms with Crippen molar-refractivity contribution in [1.29, 1.82) is 0 Å². The lowest BCUT2D eigenvalue weighted by molar-refractivity contribution is 0.530. The summed E-state index contributed by atoms with van der Waals surface area (Å²) in [5.74, 6) is 0.812. The highest BCUT2D eigenvalue weighted by molar-refractivity contribution is 6.22. The molecule has 1 aromatic carbocycles. The van der Waals surface area contributed by atoms with Gasteiger partial charge in [-0.25, -0.2) is 4.79 Å². The van der Waals surface area contributed by atoms with Gasteiger partial charge in [0, 0.05) is 19.7 Å². The van der Waals surface area contributed by atoms with E-state index >= 15 is 0 Å². The first-order chi connectivity index (χ1) is 9.50. The largest absolute Gasteiger partial charge is 0.469 e. The van der Waals surface area contributed by atoms with Gasteiger partial charge in [-0.1, -0.05) is 6.07 Å². The third-order valence-electron chi connectivity index (χ3n) is 3.76. The summed E-state index contributed by atoms with van der Waals surface area (Å²) in [5.41, 5.74) is 3.63. The molecule has 0 aliphatic rings. The second-order valence-electron chi connectivity index (χ2n) is 4.94. The van der Waals surface area contributed by atoms with Crippen LogP contribution < -0.4 is 5.69 Å². The fraction of sp³-hybridized carbons (Fsp3) is 0.267. The number of furan rings is 1. The molecule has 0 spiro atoms. The van der Waals surface area contributed by atoms with Gasteiger partial charge < -0.3 is 4.42 Å². The minimum atomic E-state index is -0.284. The Bertz CT molecular complexity index is 841. The number of rotatable bonds is 2. The molecule has 0 saturated heterocycles. The fourth-order valence-corrected chi connectivity index (χ4v) is 2.88. The summed E-state index contributed by atoms with van der Waals surface area (Å²) in [6, 6.07) is 7.71. The predicted octanol–water partition coefficient (Wildman–Crippen LogP) is 3.11. The molecule has 1 unspecified atom stereocenters. The molecular weight excluding hydrogens is 276 g/mol. The van der Waals surface area contributed by atoms with E-state index in [1.807, 2.05) is 31.2 Å². The standard InChI is InChI=1S/C15H15ClN2O2/c1-9-11(6-7-20-9)14(16)10-4-5-12-13(8-10)18(3)15(19)17(12)2/h4-8,14H,1-3H3. The Labute approximate surface area is 121 Å². The van der Waals surface area contributed by atoms with Crippen molar-refractivity contribution in [2.45, 2.75) is 12.3 Å². The molecule has 0 bridgehead atoms. The van der Waals surface area contributed by atoms with Gasteiger partial charge in [0.05, 0.1) is 22.7 Å². The Hall–Kier alpha value is -1.94. The highest BCUT2D eigenvalue weighted by Gasteiger charge is 2.17. The number of fused-ring (bicyclic) bond motifs is 1. The lowest BCUT2D eigenvalue weighted by Crippen LogP contribution is -2.19. The van der Waals surface area contributed by atoms with Crippen LogP contribution in [0.5, 0.6) is 0 Å². The molecule has 0 radical (unpaired) electrons. The van der Waals surface area contributed by atoms with E-state index in [9.17, 15) is 4.79 Å². The average molecular weight is 291 g/mol. The number of hydrogen-bond acceptors (Lipinski definition) is 2. The van der Waals surface area contributed by atoms with Crippen LogP contribution >= 0.6 is 11.6 Å². The van der Waals surface area contributed by atoms with E-state index in [-0.39, 0.29) is 11.1 Å². The zero-order valence-electron chi connectivity index (χ0n) is 11.6. The van der Waals surface area contributed by atoms with Crippen molar-refractivity contribution in [3.05, 3.63) is 57.9 Å². The molecule has 0 amide bonds. The normalized spacial score (nSPS) is 13.0. The van der Waals surface area contributed by atoms with Crippen molar-refractivity contribution in [3.8, 4) is 0 Å². The number of imidazole rings is 1. The van der Waals surface area contributed by atoms with Crippen LogP contribution in [-0.2, 0) is 14.1 Å². The Morgan fingerprint density at radius 2 is 1.85 bits per heavy atom. The van der Waals surface area contributed by atoms with E-state index in [4.69, 9.17) is 16.0 Å². The maximum Gasteiger partial charge on any atom is 0.328 e. The number of nitrogens with zero attached hydrogens (tertiary/aromatic N) is 2. The van der Waals surface area contributed by atoms with Gasteiger partial charge in [0.1, 0.15) is 5.76 Å². The minimum absolute atomic E-state index is 0.0391. The molecule has 104 valence electrons. The lowest BCUT2D eigenvalue weighted by atomic mass is 10.0. The third kappa shape index (κ3) is 1.79. The number of halogens is 1. The molecule has 4 nitrogen and oxygen atoms in total. The number of aryl methyl sites for hydroxylation is 3. The fourth-order valence-electron chi connectivity index (χ4n) is 2.52.